The highest BCUT2D eigenvalue weighted by atomic mass is 16.5. The number of carbonyl (C=O) groups is 2. The Labute approximate surface area is 261 Å². The van der Waals surface area contributed by atoms with Gasteiger partial charge >= 0.3 is 5.97 Å². The molecule has 0 aliphatic carbocycles. The molecule has 0 fully saturated rings. The summed E-state index contributed by atoms with van der Waals surface area (Å²) in [5, 5.41) is 0. The van der Waals surface area contributed by atoms with Crippen molar-refractivity contribution in [2.75, 3.05) is 33.5 Å². The summed E-state index contributed by atoms with van der Waals surface area (Å²) in [6.45, 7) is 11.7. The fourth-order valence-electron chi connectivity index (χ4n) is 4.90. The van der Waals surface area contributed by atoms with Crippen LogP contribution in [0.4, 0.5) is 0 Å². The fraction of sp³-hybridized carbons (Fsp3) is 0.324. The zero-order valence-corrected chi connectivity index (χ0v) is 26.4. The Bertz CT molecular complexity index is 1430. The van der Waals surface area contributed by atoms with Gasteiger partial charge in [-0.15, -0.1) is 0 Å². The molecular weight excluding hydrogens is 552 g/mol. The molecule has 0 aliphatic heterocycles. The molecule has 0 atom stereocenters. The first-order valence-electron chi connectivity index (χ1n) is 15.1. The minimum atomic E-state index is -0.312. The Hall–Kier alpha value is -4.49. The van der Waals surface area contributed by atoms with Crippen LogP contribution < -0.4 is 4.74 Å². The van der Waals surface area contributed by atoms with Crippen molar-refractivity contribution in [3.05, 3.63) is 114 Å². The predicted molar refractivity (Wildman–Crippen MR) is 176 cm³/mol. The molecule has 3 aromatic rings. The third kappa shape index (κ3) is 10.3. The van der Waals surface area contributed by atoms with Crippen LogP contribution in [0.5, 0.6) is 5.88 Å². The molecule has 7 nitrogen and oxygen atoms in total. The van der Waals surface area contributed by atoms with Crippen molar-refractivity contribution in [2.24, 2.45) is 0 Å². The first-order chi connectivity index (χ1) is 21.4. The van der Waals surface area contributed by atoms with Crippen LogP contribution in [0.2, 0.25) is 0 Å². The van der Waals surface area contributed by atoms with E-state index in [9.17, 15) is 9.59 Å². The summed E-state index contributed by atoms with van der Waals surface area (Å²) in [6, 6.07) is 20.1. The average molecular weight is 597 g/mol. The van der Waals surface area contributed by atoms with E-state index >= 15 is 0 Å². The topological polar surface area (TPSA) is 78.0 Å². The Morgan fingerprint density at radius 3 is 2.39 bits per heavy atom. The first-order valence-corrected chi connectivity index (χ1v) is 15.1. The number of hydrogen-bond donors (Lipinski definition) is 0. The van der Waals surface area contributed by atoms with Crippen molar-refractivity contribution in [1.29, 1.82) is 0 Å². The van der Waals surface area contributed by atoms with Gasteiger partial charge in [0.05, 0.1) is 26.2 Å². The van der Waals surface area contributed by atoms with Crippen LogP contribution in [0.1, 0.15) is 50.3 Å². The molecule has 0 bridgehead atoms. The van der Waals surface area contributed by atoms with Gasteiger partial charge in [0.1, 0.15) is 0 Å². The number of ether oxygens (including phenoxy) is 3. The summed E-state index contributed by atoms with van der Waals surface area (Å²) in [5.74, 6) is 0.346. The molecule has 1 heterocycles. The number of pyridine rings is 1. The number of esters is 1. The molecule has 0 radical (unpaired) electrons. The molecule has 44 heavy (non-hydrogen) atoms. The van der Waals surface area contributed by atoms with Crippen LogP contribution in [0, 0.1) is 0 Å². The van der Waals surface area contributed by atoms with Gasteiger partial charge in [0, 0.05) is 44.4 Å². The summed E-state index contributed by atoms with van der Waals surface area (Å²) in [7, 11) is 1.64. The second-order valence-electron chi connectivity index (χ2n) is 10.1. The van der Waals surface area contributed by atoms with Crippen molar-refractivity contribution in [3.63, 3.8) is 0 Å². The van der Waals surface area contributed by atoms with E-state index in [1.54, 1.807) is 32.4 Å². The van der Waals surface area contributed by atoms with Crippen molar-refractivity contribution < 1.29 is 23.8 Å². The zero-order chi connectivity index (χ0) is 31.7. The summed E-state index contributed by atoms with van der Waals surface area (Å²) in [5.41, 5.74) is 6.57. The summed E-state index contributed by atoms with van der Waals surface area (Å²) in [6.07, 6.45) is 8.41. The number of rotatable bonds is 17. The van der Waals surface area contributed by atoms with Gasteiger partial charge in [-0.05, 0) is 72.7 Å². The first kappa shape index (κ1) is 34.0. The molecule has 0 aliphatic rings. The van der Waals surface area contributed by atoms with E-state index in [1.165, 1.54) is 0 Å². The van der Waals surface area contributed by atoms with Gasteiger partial charge in [-0.25, -0.2) is 4.98 Å². The maximum Gasteiger partial charge on any atom is 0.310 e. The molecule has 232 valence electrons. The lowest BCUT2D eigenvalue weighted by atomic mass is 9.93. The fourth-order valence-corrected chi connectivity index (χ4v) is 4.90. The van der Waals surface area contributed by atoms with Crippen LogP contribution >= 0.6 is 0 Å². The Kier molecular flexibility index (Phi) is 14.1. The molecule has 0 N–H and O–H groups in total. The molecular formula is C37H44N2O5. The maximum absolute atomic E-state index is 13.4. The number of aromatic nitrogens is 1. The maximum atomic E-state index is 13.4. The third-order valence-electron chi connectivity index (χ3n) is 7.02. The quantitative estimate of drug-likeness (QED) is 0.121. The van der Waals surface area contributed by atoms with Gasteiger partial charge in [0.15, 0.2) is 0 Å². The largest absolute Gasteiger partial charge is 0.478 e. The van der Waals surface area contributed by atoms with E-state index in [1.807, 2.05) is 79.4 Å². The Balaban J connectivity index is 2.03. The number of allylic oxidation sites excluding steroid dienone is 3. The number of aryl methyl sites for hydroxylation is 1. The van der Waals surface area contributed by atoms with E-state index in [0.717, 1.165) is 39.0 Å². The molecule has 3 rings (SSSR count). The highest BCUT2D eigenvalue weighted by Gasteiger charge is 2.18. The number of methoxy groups -OCH3 is 1. The van der Waals surface area contributed by atoms with Crippen molar-refractivity contribution in [3.8, 4) is 17.0 Å². The molecule has 7 heteroatoms. The number of carbonyl (C=O) groups excluding carboxylic acids is 2. The lowest BCUT2D eigenvalue weighted by molar-refractivity contribution is -0.142. The standard InChI is InChI=1S/C37H44N2O5/c1-6-13-29(23-37(41)44-9-4)22-33(27-42-5)34-19-17-30(31-18-20-35(38-25-31)43-8-3)24-32(34)26-39(7-2)36(40)21-16-28-14-11-10-12-15-28/h6,10-15,17-20,22,24-25H,1,7-9,16,21,23,26-27H2,2-5H3/b29-13+,33-22+. The second kappa shape index (κ2) is 18.2. The van der Waals surface area contributed by atoms with Crippen LogP contribution in [-0.2, 0) is 32.0 Å². The summed E-state index contributed by atoms with van der Waals surface area (Å²) >= 11 is 0. The molecule has 0 unspecified atom stereocenters. The number of amides is 1. The molecule has 0 saturated heterocycles. The Morgan fingerprint density at radius 1 is 0.977 bits per heavy atom. The Morgan fingerprint density at radius 2 is 1.75 bits per heavy atom. The lowest BCUT2D eigenvalue weighted by Crippen LogP contribution is -2.31. The molecule has 0 spiro atoms. The van der Waals surface area contributed by atoms with Crippen molar-refractivity contribution >= 4 is 17.4 Å². The van der Waals surface area contributed by atoms with Gasteiger partial charge in [-0.2, -0.15) is 0 Å². The molecule has 1 aromatic heterocycles. The monoisotopic (exact) mass is 596 g/mol. The molecule has 1 amide bonds. The highest BCUT2D eigenvalue weighted by Crippen LogP contribution is 2.30. The van der Waals surface area contributed by atoms with E-state index in [0.29, 0.717) is 51.6 Å². The van der Waals surface area contributed by atoms with Crippen LogP contribution in [0.15, 0.2) is 97.2 Å². The van der Waals surface area contributed by atoms with Gasteiger partial charge in [-0.1, -0.05) is 67.3 Å². The third-order valence-corrected chi connectivity index (χ3v) is 7.02. The smallest absolute Gasteiger partial charge is 0.310 e. The number of nitrogens with zero attached hydrogens (tertiary/aromatic N) is 2. The highest BCUT2D eigenvalue weighted by molar-refractivity contribution is 5.80. The van der Waals surface area contributed by atoms with E-state index < -0.39 is 0 Å². The predicted octanol–water partition coefficient (Wildman–Crippen LogP) is 7.22. The van der Waals surface area contributed by atoms with Crippen LogP contribution in [-0.4, -0.2) is 55.2 Å². The minimum Gasteiger partial charge on any atom is -0.478 e. The summed E-state index contributed by atoms with van der Waals surface area (Å²) in [4.78, 5) is 32.1. The van der Waals surface area contributed by atoms with Gasteiger partial charge in [0.2, 0.25) is 11.8 Å². The van der Waals surface area contributed by atoms with E-state index in [-0.39, 0.29) is 18.3 Å². The number of hydrogen-bond acceptors (Lipinski definition) is 6. The number of benzene rings is 2. The minimum absolute atomic E-state index is 0.0854. The van der Waals surface area contributed by atoms with Gasteiger partial charge < -0.3 is 19.1 Å². The second-order valence-corrected chi connectivity index (χ2v) is 10.1. The van der Waals surface area contributed by atoms with Gasteiger partial charge in [-0.3, -0.25) is 9.59 Å². The van der Waals surface area contributed by atoms with E-state index in [2.05, 4.69) is 17.6 Å². The zero-order valence-electron chi connectivity index (χ0n) is 26.4. The summed E-state index contributed by atoms with van der Waals surface area (Å²) < 4.78 is 16.3. The molecule has 0 saturated carbocycles. The van der Waals surface area contributed by atoms with E-state index in [4.69, 9.17) is 14.2 Å². The van der Waals surface area contributed by atoms with Crippen molar-refractivity contribution in [1.82, 2.24) is 9.88 Å². The van der Waals surface area contributed by atoms with Crippen molar-refractivity contribution in [2.45, 2.75) is 46.6 Å². The lowest BCUT2D eigenvalue weighted by Gasteiger charge is -2.24. The molecule has 2 aromatic carbocycles. The normalized spacial score (nSPS) is 11.6. The van der Waals surface area contributed by atoms with Crippen LogP contribution in [0.25, 0.3) is 16.7 Å². The SMILES string of the molecule is C=C/C=C(\C=C(/COC)c1ccc(-c2ccc(OCC)nc2)cc1CN(CC)C(=O)CCc1ccccc1)CC(=O)OCC. The van der Waals surface area contributed by atoms with Crippen LogP contribution in [0.3, 0.4) is 0 Å². The van der Waals surface area contributed by atoms with Gasteiger partial charge in [0.25, 0.3) is 0 Å². The average Bonchev–Trinajstić information content (AvgIpc) is 3.03.